The fourth-order valence-electron chi connectivity index (χ4n) is 2.58. The molecule has 0 radical (unpaired) electrons. The maximum absolute atomic E-state index is 3.79. The van der Waals surface area contributed by atoms with Crippen molar-refractivity contribution in [3.8, 4) is 0 Å². The van der Waals surface area contributed by atoms with Crippen LogP contribution in [0.15, 0.2) is 0 Å². The van der Waals surface area contributed by atoms with Crippen molar-refractivity contribution in [1.29, 1.82) is 0 Å². The van der Waals surface area contributed by atoms with E-state index in [-0.39, 0.29) is 0 Å². The van der Waals surface area contributed by atoms with E-state index >= 15 is 0 Å². The van der Waals surface area contributed by atoms with Gasteiger partial charge in [-0.25, -0.2) is 0 Å². The van der Waals surface area contributed by atoms with Gasteiger partial charge in [0.1, 0.15) is 0 Å². The number of piperidine rings is 1. The minimum Gasteiger partial charge on any atom is -0.311 e. The van der Waals surface area contributed by atoms with E-state index in [2.05, 4.69) is 37.2 Å². The van der Waals surface area contributed by atoms with Crippen LogP contribution in [0, 0.1) is 5.92 Å². The van der Waals surface area contributed by atoms with Gasteiger partial charge in [-0.05, 0) is 57.2 Å². The van der Waals surface area contributed by atoms with E-state index in [1.54, 1.807) is 0 Å². The number of rotatable bonds is 7. The van der Waals surface area contributed by atoms with Gasteiger partial charge >= 0.3 is 0 Å². The molecule has 1 fully saturated rings. The van der Waals surface area contributed by atoms with Gasteiger partial charge in [0.15, 0.2) is 0 Å². The van der Waals surface area contributed by atoms with E-state index in [9.17, 15) is 0 Å². The average molecular weight is 258 g/mol. The van der Waals surface area contributed by atoms with Crippen molar-refractivity contribution in [1.82, 2.24) is 10.2 Å². The SMILES string of the molecule is CSCCC(C)NC1CCN(CC(C)C)CC1. The van der Waals surface area contributed by atoms with E-state index in [1.165, 1.54) is 44.6 Å². The Labute approximate surface area is 112 Å². The third-order valence-corrected chi connectivity index (χ3v) is 4.13. The first-order valence-electron chi connectivity index (χ1n) is 7.09. The van der Waals surface area contributed by atoms with Gasteiger partial charge in [0.25, 0.3) is 0 Å². The molecule has 0 spiro atoms. The summed E-state index contributed by atoms with van der Waals surface area (Å²) in [5.41, 5.74) is 0. The monoisotopic (exact) mass is 258 g/mol. The number of likely N-dealkylation sites (tertiary alicyclic amines) is 1. The second-order valence-electron chi connectivity index (χ2n) is 5.82. The van der Waals surface area contributed by atoms with Crippen LogP contribution in [0.1, 0.15) is 40.0 Å². The van der Waals surface area contributed by atoms with Crippen LogP contribution in [0.25, 0.3) is 0 Å². The Bertz CT molecular complexity index is 189. The molecule has 0 aliphatic carbocycles. The Kier molecular flexibility index (Phi) is 7.56. The van der Waals surface area contributed by atoms with Crippen LogP contribution in [0.3, 0.4) is 0 Å². The average Bonchev–Trinajstić information content (AvgIpc) is 2.28. The largest absolute Gasteiger partial charge is 0.311 e. The maximum atomic E-state index is 3.79. The summed E-state index contributed by atoms with van der Waals surface area (Å²) < 4.78 is 0. The van der Waals surface area contributed by atoms with E-state index in [0.717, 1.165) is 12.0 Å². The summed E-state index contributed by atoms with van der Waals surface area (Å²) in [6.07, 6.45) is 6.15. The predicted molar refractivity (Wildman–Crippen MR) is 79.9 cm³/mol. The van der Waals surface area contributed by atoms with Crippen molar-refractivity contribution in [2.75, 3.05) is 31.6 Å². The first-order valence-corrected chi connectivity index (χ1v) is 8.48. The first kappa shape index (κ1) is 15.3. The van der Waals surface area contributed by atoms with Gasteiger partial charge in [-0.3, -0.25) is 0 Å². The number of hydrogen-bond acceptors (Lipinski definition) is 3. The van der Waals surface area contributed by atoms with Crippen LogP contribution >= 0.6 is 11.8 Å². The fraction of sp³-hybridized carbons (Fsp3) is 1.00. The molecule has 1 atom stereocenters. The topological polar surface area (TPSA) is 15.3 Å². The lowest BCUT2D eigenvalue weighted by Gasteiger charge is -2.34. The summed E-state index contributed by atoms with van der Waals surface area (Å²) in [6, 6.07) is 1.44. The Balaban J connectivity index is 2.14. The first-order chi connectivity index (χ1) is 8.11. The molecule has 17 heavy (non-hydrogen) atoms. The zero-order valence-corrected chi connectivity index (χ0v) is 12.9. The van der Waals surface area contributed by atoms with Gasteiger partial charge in [-0.15, -0.1) is 0 Å². The molecule has 3 heteroatoms. The van der Waals surface area contributed by atoms with Gasteiger partial charge in [0.2, 0.25) is 0 Å². The Hall–Kier alpha value is 0.270. The van der Waals surface area contributed by atoms with Crippen molar-refractivity contribution in [3.05, 3.63) is 0 Å². The zero-order valence-electron chi connectivity index (χ0n) is 12.0. The molecule has 1 aliphatic rings. The minimum absolute atomic E-state index is 0.684. The molecular weight excluding hydrogens is 228 g/mol. The molecule has 102 valence electrons. The number of nitrogens with one attached hydrogen (secondary N) is 1. The molecule has 1 rings (SSSR count). The summed E-state index contributed by atoms with van der Waals surface area (Å²) in [5, 5.41) is 3.79. The Morgan fingerprint density at radius 2 is 1.88 bits per heavy atom. The fourth-order valence-corrected chi connectivity index (χ4v) is 3.17. The van der Waals surface area contributed by atoms with Gasteiger partial charge in [0.05, 0.1) is 0 Å². The van der Waals surface area contributed by atoms with Crippen molar-refractivity contribution >= 4 is 11.8 Å². The summed E-state index contributed by atoms with van der Waals surface area (Å²) in [7, 11) is 0. The van der Waals surface area contributed by atoms with Crippen LogP contribution in [0.4, 0.5) is 0 Å². The Morgan fingerprint density at radius 3 is 2.41 bits per heavy atom. The van der Waals surface area contributed by atoms with Crippen LogP contribution in [0.5, 0.6) is 0 Å². The highest BCUT2D eigenvalue weighted by Gasteiger charge is 2.20. The molecule has 1 N–H and O–H groups in total. The number of thioether (sulfide) groups is 1. The Morgan fingerprint density at radius 1 is 1.24 bits per heavy atom. The van der Waals surface area contributed by atoms with E-state index in [1.807, 2.05) is 11.8 Å². The lowest BCUT2D eigenvalue weighted by molar-refractivity contribution is 0.175. The molecule has 0 bridgehead atoms. The van der Waals surface area contributed by atoms with Crippen LogP contribution in [0.2, 0.25) is 0 Å². The highest BCUT2D eigenvalue weighted by molar-refractivity contribution is 7.98. The molecule has 2 nitrogen and oxygen atoms in total. The van der Waals surface area contributed by atoms with E-state index < -0.39 is 0 Å². The second-order valence-corrected chi connectivity index (χ2v) is 6.80. The zero-order chi connectivity index (χ0) is 12.7. The van der Waals surface area contributed by atoms with Crippen LogP contribution in [-0.2, 0) is 0 Å². The molecule has 0 saturated carbocycles. The van der Waals surface area contributed by atoms with Crippen LogP contribution in [-0.4, -0.2) is 48.6 Å². The molecule has 0 aromatic rings. The lowest BCUT2D eigenvalue weighted by atomic mass is 10.0. The second kappa shape index (κ2) is 8.39. The van der Waals surface area contributed by atoms with Gasteiger partial charge in [-0.1, -0.05) is 13.8 Å². The third-order valence-electron chi connectivity index (χ3n) is 3.49. The summed E-state index contributed by atoms with van der Waals surface area (Å²) in [5.74, 6) is 2.08. The smallest absolute Gasteiger partial charge is 0.00938 e. The lowest BCUT2D eigenvalue weighted by Crippen LogP contribution is -2.46. The van der Waals surface area contributed by atoms with Crippen molar-refractivity contribution in [2.24, 2.45) is 5.92 Å². The maximum Gasteiger partial charge on any atom is 0.00938 e. The van der Waals surface area contributed by atoms with Gasteiger partial charge < -0.3 is 10.2 Å². The highest BCUT2D eigenvalue weighted by Crippen LogP contribution is 2.13. The predicted octanol–water partition coefficient (Wildman–Crippen LogP) is 2.84. The van der Waals surface area contributed by atoms with E-state index in [0.29, 0.717) is 6.04 Å². The molecule has 0 aromatic heterocycles. The molecule has 1 unspecified atom stereocenters. The normalized spacial score (nSPS) is 21.0. The number of nitrogens with zero attached hydrogens (tertiary/aromatic N) is 1. The van der Waals surface area contributed by atoms with Gasteiger partial charge in [-0.2, -0.15) is 11.8 Å². The van der Waals surface area contributed by atoms with Crippen molar-refractivity contribution < 1.29 is 0 Å². The molecule has 0 aromatic carbocycles. The summed E-state index contributed by atoms with van der Waals surface area (Å²) in [6.45, 7) is 10.8. The molecular formula is C14H30N2S. The quantitative estimate of drug-likeness (QED) is 0.756. The molecule has 1 saturated heterocycles. The van der Waals surface area contributed by atoms with Crippen molar-refractivity contribution in [2.45, 2.75) is 52.1 Å². The summed E-state index contributed by atoms with van der Waals surface area (Å²) >= 11 is 1.95. The molecule has 1 aliphatic heterocycles. The molecule has 1 heterocycles. The number of hydrogen-bond donors (Lipinski definition) is 1. The third kappa shape index (κ3) is 6.68. The minimum atomic E-state index is 0.684. The molecule has 0 amide bonds. The van der Waals surface area contributed by atoms with Crippen molar-refractivity contribution in [3.63, 3.8) is 0 Å². The van der Waals surface area contributed by atoms with Crippen LogP contribution < -0.4 is 5.32 Å². The standard InChI is InChI=1S/C14H30N2S/c1-12(2)11-16-8-5-14(6-9-16)15-13(3)7-10-17-4/h12-15H,5-11H2,1-4H3. The highest BCUT2D eigenvalue weighted by atomic mass is 32.2. The van der Waals surface area contributed by atoms with Gasteiger partial charge in [0, 0.05) is 18.6 Å². The summed E-state index contributed by atoms with van der Waals surface area (Å²) in [4.78, 5) is 2.62. The van der Waals surface area contributed by atoms with E-state index in [4.69, 9.17) is 0 Å².